The number of hydrogen-bond acceptors (Lipinski definition) is 3. The first-order valence-corrected chi connectivity index (χ1v) is 6.45. The van der Waals surface area contributed by atoms with Crippen molar-refractivity contribution < 1.29 is 13.6 Å². The quantitative estimate of drug-likeness (QED) is 0.662. The van der Waals surface area contributed by atoms with Gasteiger partial charge in [0.15, 0.2) is 0 Å². The Hall–Kier alpha value is 0.150. The summed E-state index contributed by atoms with van der Waals surface area (Å²) in [4.78, 5) is 0. The van der Waals surface area contributed by atoms with E-state index in [1.807, 2.05) is 0 Å². The first-order valence-electron chi connectivity index (χ1n) is 4.72. The predicted octanol–water partition coefficient (Wildman–Crippen LogP) is 2.87. The Morgan fingerprint density at radius 2 is 1.85 bits per heavy atom. The molecule has 77 valence electrons. The highest BCUT2D eigenvalue weighted by atomic mass is 31.2. The Bertz CT molecular complexity index is 179. The predicted molar refractivity (Wildman–Crippen MR) is 52.7 cm³/mol. The van der Waals surface area contributed by atoms with E-state index < -0.39 is 7.60 Å². The zero-order valence-corrected chi connectivity index (χ0v) is 9.26. The van der Waals surface area contributed by atoms with Crippen molar-refractivity contribution in [1.82, 2.24) is 0 Å². The van der Waals surface area contributed by atoms with Gasteiger partial charge in [-0.1, -0.05) is 0 Å². The normalized spacial score (nSPS) is 20.5. The summed E-state index contributed by atoms with van der Waals surface area (Å²) >= 11 is 0. The zero-order chi connectivity index (χ0) is 9.73. The minimum Gasteiger partial charge on any atom is -0.312 e. The van der Waals surface area contributed by atoms with Crippen LogP contribution in [0, 0.1) is 12.3 Å². The summed E-state index contributed by atoms with van der Waals surface area (Å²) in [5.41, 5.74) is 0. The van der Waals surface area contributed by atoms with Crippen molar-refractivity contribution in [2.75, 3.05) is 20.4 Å². The van der Waals surface area contributed by atoms with Crippen LogP contribution < -0.4 is 0 Å². The van der Waals surface area contributed by atoms with E-state index in [1.54, 1.807) is 0 Å². The second kappa shape index (κ2) is 5.14. The summed E-state index contributed by atoms with van der Waals surface area (Å²) in [5.74, 6) is 0.510. The van der Waals surface area contributed by atoms with Crippen LogP contribution in [0.3, 0.4) is 0 Å². The lowest BCUT2D eigenvalue weighted by atomic mass is 9.91. The summed E-state index contributed by atoms with van der Waals surface area (Å²) < 4.78 is 21.6. The SMILES string of the molecule is COP(=O)(CC1CC[CH]CC1)OC. The summed E-state index contributed by atoms with van der Waals surface area (Å²) in [6.45, 7) is 0. The molecule has 1 fully saturated rings. The van der Waals surface area contributed by atoms with E-state index in [0.29, 0.717) is 12.1 Å². The number of rotatable bonds is 4. The van der Waals surface area contributed by atoms with Gasteiger partial charge in [-0.3, -0.25) is 4.57 Å². The zero-order valence-electron chi connectivity index (χ0n) is 8.36. The fourth-order valence-corrected chi connectivity index (χ4v) is 3.16. The lowest BCUT2D eigenvalue weighted by Gasteiger charge is -2.24. The molecule has 0 atom stereocenters. The summed E-state index contributed by atoms with van der Waals surface area (Å²) in [5, 5.41) is 0. The molecule has 0 aromatic rings. The maximum atomic E-state index is 11.8. The fourth-order valence-electron chi connectivity index (χ4n) is 1.72. The Labute approximate surface area is 80.3 Å². The molecule has 1 aliphatic carbocycles. The van der Waals surface area contributed by atoms with Crippen LogP contribution in [0.5, 0.6) is 0 Å². The van der Waals surface area contributed by atoms with Gasteiger partial charge in [0.2, 0.25) is 0 Å². The maximum absolute atomic E-state index is 11.8. The minimum absolute atomic E-state index is 0.510. The van der Waals surface area contributed by atoms with Crippen LogP contribution >= 0.6 is 7.60 Å². The molecule has 1 aliphatic rings. The van der Waals surface area contributed by atoms with E-state index in [9.17, 15) is 4.57 Å². The van der Waals surface area contributed by atoms with E-state index in [0.717, 1.165) is 25.7 Å². The maximum Gasteiger partial charge on any atom is 0.330 e. The van der Waals surface area contributed by atoms with Gasteiger partial charge < -0.3 is 9.05 Å². The van der Waals surface area contributed by atoms with Crippen LogP contribution in [0.1, 0.15) is 25.7 Å². The van der Waals surface area contributed by atoms with Crippen LogP contribution in [0.4, 0.5) is 0 Å². The highest BCUT2D eigenvalue weighted by Gasteiger charge is 2.27. The van der Waals surface area contributed by atoms with E-state index in [1.165, 1.54) is 14.2 Å². The van der Waals surface area contributed by atoms with Crippen LogP contribution in [0.2, 0.25) is 0 Å². The molecule has 0 aromatic heterocycles. The first kappa shape index (κ1) is 11.2. The van der Waals surface area contributed by atoms with Gasteiger partial charge in [0, 0.05) is 14.2 Å². The molecule has 1 radical (unpaired) electrons. The van der Waals surface area contributed by atoms with Crippen molar-refractivity contribution in [1.29, 1.82) is 0 Å². The van der Waals surface area contributed by atoms with Crippen molar-refractivity contribution in [3.8, 4) is 0 Å². The van der Waals surface area contributed by atoms with Crippen molar-refractivity contribution in [2.45, 2.75) is 25.7 Å². The largest absolute Gasteiger partial charge is 0.330 e. The van der Waals surface area contributed by atoms with Gasteiger partial charge in [-0.2, -0.15) is 0 Å². The molecule has 0 aromatic carbocycles. The fraction of sp³-hybridized carbons (Fsp3) is 0.889. The Morgan fingerprint density at radius 1 is 1.31 bits per heavy atom. The highest BCUT2D eigenvalue weighted by molar-refractivity contribution is 7.53. The van der Waals surface area contributed by atoms with Crippen LogP contribution in [0.25, 0.3) is 0 Å². The van der Waals surface area contributed by atoms with Crippen LogP contribution in [-0.4, -0.2) is 20.4 Å². The van der Waals surface area contributed by atoms with Gasteiger partial charge in [-0.05, 0) is 38.0 Å². The van der Waals surface area contributed by atoms with Gasteiger partial charge >= 0.3 is 7.60 Å². The summed E-state index contributed by atoms with van der Waals surface area (Å²) in [6.07, 6.45) is 7.39. The molecule has 4 heteroatoms. The molecule has 0 N–H and O–H groups in total. The van der Waals surface area contributed by atoms with Crippen molar-refractivity contribution in [3.63, 3.8) is 0 Å². The molecule has 1 rings (SSSR count). The van der Waals surface area contributed by atoms with Gasteiger partial charge in [0.25, 0.3) is 0 Å². The Kier molecular flexibility index (Phi) is 4.43. The molecule has 0 heterocycles. The standard InChI is InChI=1S/C9H18O3P/c1-11-13(10,12-2)8-9-6-4-3-5-7-9/h3,9H,4-8H2,1-2H3. The van der Waals surface area contributed by atoms with Crippen LogP contribution in [0.15, 0.2) is 0 Å². The highest BCUT2D eigenvalue weighted by Crippen LogP contribution is 2.49. The van der Waals surface area contributed by atoms with Gasteiger partial charge in [0.05, 0.1) is 6.16 Å². The van der Waals surface area contributed by atoms with Crippen molar-refractivity contribution in [2.24, 2.45) is 5.92 Å². The average Bonchev–Trinajstić information content (AvgIpc) is 2.19. The van der Waals surface area contributed by atoms with Gasteiger partial charge in [-0.25, -0.2) is 0 Å². The van der Waals surface area contributed by atoms with Gasteiger partial charge in [-0.15, -0.1) is 0 Å². The third-order valence-electron chi connectivity index (χ3n) is 2.60. The van der Waals surface area contributed by atoms with E-state index in [-0.39, 0.29) is 0 Å². The second-order valence-corrected chi connectivity index (χ2v) is 5.79. The van der Waals surface area contributed by atoms with Crippen molar-refractivity contribution >= 4 is 7.60 Å². The van der Waals surface area contributed by atoms with Crippen LogP contribution in [-0.2, 0) is 13.6 Å². The first-order chi connectivity index (χ1) is 6.20. The van der Waals surface area contributed by atoms with E-state index in [4.69, 9.17) is 9.05 Å². The molecule has 0 bridgehead atoms. The molecular weight excluding hydrogens is 187 g/mol. The van der Waals surface area contributed by atoms with E-state index >= 15 is 0 Å². The van der Waals surface area contributed by atoms with Gasteiger partial charge in [0.1, 0.15) is 0 Å². The molecule has 3 nitrogen and oxygen atoms in total. The lowest BCUT2D eigenvalue weighted by Crippen LogP contribution is -2.12. The minimum atomic E-state index is -2.76. The molecular formula is C9H18O3P. The molecule has 13 heavy (non-hydrogen) atoms. The smallest absolute Gasteiger partial charge is 0.312 e. The Morgan fingerprint density at radius 3 is 2.31 bits per heavy atom. The number of hydrogen-bond donors (Lipinski definition) is 0. The summed E-state index contributed by atoms with van der Waals surface area (Å²) in [7, 11) is 0.152. The third kappa shape index (κ3) is 3.41. The van der Waals surface area contributed by atoms with Crippen molar-refractivity contribution in [3.05, 3.63) is 6.42 Å². The second-order valence-electron chi connectivity index (χ2n) is 3.47. The molecule has 0 spiro atoms. The molecule has 0 aliphatic heterocycles. The summed E-state index contributed by atoms with van der Waals surface area (Å²) in [6, 6.07) is 0. The Balaban J connectivity index is 2.40. The lowest BCUT2D eigenvalue weighted by molar-refractivity contribution is 0.265. The molecule has 0 saturated heterocycles. The van der Waals surface area contributed by atoms with E-state index in [2.05, 4.69) is 6.42 Å². The monoisotopic (exact) mass is 205 g/mol. The molecule has 1 saturated carbocycles. The molecule has 0 unspecified atom stereocenters. The third-order valence-corrected chi connectivity index (χ3v) is 4.67. The molecule has 0 amide bonds. The average molecular weight is 205 g/mol. The topological polar surface area (TPSA) is 35.5 Å².